The van der Waals surface area contributed by atoms with Crippen LogP contribution in [0.25, 0.3) is 0 Å². The molecular formula is C38H57FN2O4. The number of rotatable bonds is 14. The fourth-order valence-electron chi connectivity index (χ4n) is 7.31. The Morgan fingerprint density at radius 2 is 1.84 bits per heavy atom. The standard InChI is InChI=1S/C23H33NO4.C15H24FN/c1-2-5-17-12-18(14-22-23(17)28-16-27-22)19-13-20(24(15-19)9-10-25)7-8-21-6-3-4-11-26-21;1-5-7-13(8-6-2)17(4)14-9-10-15(16)12(3)11-14/h10,12,14,19-21H,2-9,11,13,15-16H2,1H3;9-11,13H,5-8H2,1-4H3. The first kappa shape index (κ1) is 35.2. The summed E-state index contributed by atoms with van der Waals surface area (Å²) in [6.07, 6.45) is 15.3. The summed E-state index contributed by atoms with van der Waals surface area (Å²) in [5.41, 5.74) is 4.44. The van der Waals surface area contributed by atoms with Crippen molar-refractivity contribution in [3.05, 3.63) is 52.8 Å². The first-order valence-corrected chi connectivity index (χ1v) is 17.6. The molecule has 3 aliphatic rings. The number of aldehydes is 1. The lowest BCUT2D eigenvalue weighted by molar-refractivity contribution is -0.109. The predicted octanol–water partition coefficient (Wildman–Crippen LogP) is 8.61. The van der Waals surface area contributed by atoms with E-state index in [2.05, 4.69) is 49.8 Å². The molecule has 3 heterocycles. The van der Waals surface area contributed by atoms with E-state index >= 15 is 0 Å². The minimum atomic E-state index is -0.121. The molecule has 45 heavy (non-hydrogen) atoms. The molecule has 0 N–H and O–H groups in total. The van der Waals surface area contributed by atoms with E-state index in [0.717, 1.165) is 74.3 Å². The Labute approximate surface area is 271 Å². The highest BCUT2D eigenvalue weighted by Gasteiger charge is 2.34. The van der Waals surface area contributed by atoms with Crippen LogP contribution >= 0.6 is 0 Å². The number of aryl methyl sites for hydroxylation is 2. The predicted molar refractivity (Wildman–Crippen MR) is 181 cm³/mol. The van der Waals surface area contributed by atoms with Crippen molar-refractivity contribution < 1.29 is 23.4 Å². The molecule has 2 aromatic carbocycles. The van der Waals surface area contributed by atoms with E-state index in [4.69, 9.17) is 14.2 Å². The second kappa shape index (κ2) is 17.9. The van der Waals surface area contributed by atoms with Crippen LogP contribution in [-0.4, -0.2) is 62.9 Å². The number of fused-ring (bicyclic) bond motifs is 1. The Morgan fingerprint density at radius 3 is 2.51 bits per heavy atom. The lowest BCUT2D eigenvalue weighted by atomic mass is 9.91. The fourth-order valence-corrected chi connectivity index (χ4v) is 7.31. The van der Waals surface area contributed by atoms with Gasteiger partial charge in [0.15, 0.2) is 11.5 Å². The molecule has 6 nitrogen and oxygen atoms in total. The van der Waals surface area contributed by atoms with Gasteiger partial charge >= 0.3 is 0 Å². The van der Waals surface area contributed by atoms with Gasteiger partial charge in [-0.1, -0.05) is 46.1 Å². The third-order valence-corrected chi connectivity index (χ3v) is 9.84. The van der Waals surface area contributed by atoms with E-state index in [1.165, 1.54) is 56.1 Å². The monoisotopic (exact) mass is 624 g/mol. The highest BCUT2D eigenvalue weighted by molar-refractivity contribution is 5.53. The number of likely N-dealkylation sites (tertiary alicyclic amines) is 1. The largest absolute Gasteiger partial charge is 0.454 e. The van der Waals surface area contributed by atoms with Crippen molar-refractivity contribution in [1.82, 2.24) is 4.90 Å². The smallest absolute Gasteiger partial charge is 0.231 e. The molecule has 5 rings (SSSR count). The Bertz CT molecular complexity index is 1190. The summed E-state index contributed by atoms with van der Waals surface area (Å²) in [4.78, 5) is 15.9. The van der Waals surface area contributed by atoms with Gasteiger partial charge in [-0.25, -0.2) is 4.39 Å². The first-order chi connectivity index (χ1) is 21.9. The molecule has 0 saturated carbocycles. The number of halogens is 1. The van der Waals surface area contributed by atoms with Crippen LogP contribution in [0.15, 0.2) is 30.3 Å². The number of carbonyl (C=O) groups excluding carboxylic acids is 1. The van der Waals surface area contributed by atoms with Crippen molar-refractivity contribution in [2.75, 3.05) is 38.4 Å². The quantitative estimate of drug-likeness (QED) is 0.196. The van der Waals surface area contributed by atoms with Crippen LogP contribution in [0.5, 0.6) is 11.5 Å². The molecule has 2 saturated heterocycles. The molecule has 0 aliphatic carbocycles. The number of benzene rings is 2. The summed E-state index contributed by atoms with van der Waals surface area (Å²) in [5, 5.41) is 0. The normalized spacial score (nSPS) is 21.1. The molecule has 250 valence electrons. The first-order valence-electron chi connectivity index (χ1n) is 17.6. The average molecular weight is 625 g/mol. The van der Waals surface area contributed by atoms with Crippen molar-refractivity contribution in [3.63, 3.8) is 0 Å². The lowest BCUT2D eigenvalue weighted by Gasteiger charge is -2.30. The van der Waals surface area contributed by atoms with Gasteiger partial charge in [-0.3, -0.25) is 4.90 Å². The van der Waals surface area contributed by atoms with E-state index in [0.29, 0.717) is 37.4 Å². The Hall–Kier alpha value is -2.64. The second-order valence-electron chi connectivity index (χ2n) is 13.2. The van der Waals surface area contributed by atoms with E-state index in [-0.39, 0.29) is 5.82 Å². The Morgan fingerprint density at radius 1 is 1.04 bits per heavy atom. The van der Waals surface area contributed by atoms with Gasteiger partial charge in [0.05, 0.1) is 12.6 Å². The van der Waals surface area contributed by atoms with Gasteiger partial charge in [0.25, 0.3) is 0 Å². The topological polar surface area (TPSA) is 51.2 Å². The molecular weight excluding hydrogens is 567 g/mol. The molecule has 2 aromatic rings. The average Bonchev–Trinajstić information content (AvgIpc) is 3.69. The summed E-state index contributed by atoms with van der Waals surface area (Å²) in [7, 11) is 2.11. The van der Waals surface area contributed by atoms with E-state index in [1.54, 1.807) is 6.07 Å². The van der Waals surface area contributed by atoms with Gasteiger partial charge in [0.2, 0.25) is 6.79 Å². The fraction of sp³-hybridized carbons (Fsp3) is 0.658. The molecule has 7 heteroatoms. The minimum Gasteiger partial charge on any atom is -0.454 e. The zero-order chi connectivity index (χ0) is 32.2. The van der Waals surface area contributed by atoms with Crippen molar-refractivity contribution in [2.24, 2.45) is 0 Å². The zero-order valence-electron chi connectivity index (χ0n) is 28.5. The molecule has 0 spiro atoms. The van der Waals surface area contributed by atoms with Crippen LogP contribution in [-0.2, 0) is 16.0 Å². The highest BCUT2D eigenvalue weighted by atomic mass is 19.1. The van der Waals surface area contributed by atoms with E-state index in [9.17, 15) is 9.18 Å². The van der Waals surface area contributed by atoms with Crippen LogP contribution in [0.3, 0.4) is 0 Å². The highest BCUT2D eigenvalue weighted by Crippen LogP contribution is 2.42. The number of carbonyl (C=O) groups is 1. The van der Waals surface area contributed by atoms with Gasteiger partial charge in [0, 0.05) is 38.0 Å². The molecule has 0 amide bonds. The maximum atomic E-state index is 13.2. The summed E-state index contributed by atoms with van der Waals surface area (Å²) < 4.78 is 30.6. The number of nitrogens with zero attached hydrogens (tertiary/aromatic N) is 2. The molecule has 0 radical (unpaired) electrons. The van der Waals surface area contributed by atoms with Gasteiger partial charge < -0.3 is 23.9 Å². The molecule has 3 atom stereocenters. The number of hydrogen-bond acceptors (Lipinski definition) is 6. The van der Waals surface area contributed by atoms with Crippen LogP contribution in [0.2, 0.25) is 0 Å². The van der Waals surface area contributed by atoms with Crippen LogP contribution < -0.4 is 14.4 Å². The number of anilines is 1. The van der Waals surface area contributed by atoms with E-state index < -0.39 is 0 Å². The molecule has 0 aromatic heterocycles. The zero-order valence-corrected chi connectivity index (χ0v) is 28.5. The van der Waals surface area contributed by atoms with Crippen molar-refractivity contribution in [1.29, 1.82) is 0 Å². The lowest BCUT2D eigenvalue weighted by Crippen LogP contribution is -2.32. The summed E-state index contributed by atoms with van der Waals surface area (Å²) >= 11 is 0. The van der Waals surface area contributed by atoms with Crippen molar-refractivity contribution >= 4 is 12.0 Å². The molecule has 0 bridgehead atoms. The summed E-state index contributed by atoms with van der Waals surface area (Å²) in [6.45, 7) is 11.1. The van der Waals surface area contributed by atoms with E-state index in [1.807, 2.05) is 19.1 Å². The summed E-state index contributed by atoms with van der Waals surface area (Å²) in [6, 6.07) is 10.9. The number of ether oxygens (including phenoxy) is 3. The molecule has 2 fully saturated rings. The summed E-state index contributed by atoms with van der Waals surface area (Å²) in [5.74, 6) is 2.15. The van der Waals surface area contributed by atoms with Crippen molar-refractivity contribution in [3.8, 4) is 11.5 Å². The third kappa shape index (κ3) is 9.68. The van der Waals surface area contributed by atoms with Gasteiger partial charge in [-0.05, 0) is 112 Å². The van der Waals surface area contributed by atoms with Crippen LogP contribution in [0.1, 0.15) is 114 Å². The van der Waals surface area contributed by atoms with Crippen molar-refractivity contribution in [2.45, 2.75) is 129 Å². The van der Waals surface area contributed by atoms with Crippen LogP contribution in [0.4, 0.5) is 10.1 Å². The molecule has 3 unspecified atom stereocenters. The van der Waals surface area contributed by atoms with Gasteiger partial charge in [-0.2, -0.15) is 0 Å². The Balaban J connectivity index is 0.000000233. The number of hydrogen-bond donors (Lipinski definition) is 0. The van der Waals surface area contributed by atoms with Crippen LogP contribution in [0, 0.1) is 12.7 Å². The maximum Gasteiger partial charge on any atom is 0.231 e. The molecule has 3 aliphatic heterocycles. The maximum absolute atomic E-state index is 13.2. The minimum absolute atomic E-state index is 0.121. The third-order valence-electron chi connectivity index (χ3n) is 9.84. The Kier molecular flexibility index (Phi) is 14.0. The second-order valence-corrected chi connectivity index (χ2v) is 13.2. The SMILES string of the molecule is CCCC(CCC)N(C)c1ccc(F)c(C)c1.CCCc1cc(C2CC(CCC3CCCCO3)N(CC=O)C2)cc2c1OCO2. The van der Waals surface area contributed by atoms with Gasteiger partial charge in [-0.15, -0.1) is 0 Å². The van der Waals surface area contributed by atoms with Gasteiger partial charge in [0.1, 0.15) is 12.1 Å².